The number of esters is 1. The van der Waals surface area contributed by atoms with Crippen LogP contribution in [-0.2, 0) is 0 Å². The van der Waals surface area contributed by atoms with Crippen molar-refractivity contribution in [3.8, 4) is 16.9 Å². The summed E-state index contributed by atoms with van der Waals surface area (Å²) in [5.74, 6) is -0.686. The molecule has 0 fully saturated rings. The molecule has 4 heteroatoms. The number of hydrogen-bond acceptors (Lipinski definition) is 2. The van der Waals surface area contributed by atoms with Gasteiger partial charge in [0.2, 0.25) is 0 Å². The molecule has 0 aliphatic rings. The minimum Gasteiger partial charge on any atom is -0.422 e. The Morgan fingerprint density at radius 2 is 1.65 bits per heavy atom. The number of benzene rings is 3. The molecule has 0 bridgehead atoms. The highest BCUT2D eigenvalue weighted by molar-refractivity contribution is 9.10. The monoisotopic (exact) mass is 370 g/mol. The molecule has 0 unspecified atom stereocenters. The Kier molecular flexibility index (Phi) is 4.53. The number of hydrogen-bond donors (Lipinski definition) is 0. The molecular formula is C19H12BrFO2. The van der Waals surface area contributed by atoms with Crippen LogP contribution >= 0.6 is 15.9 Å². The molecule has 0 aliphatic heterocycles. The van der Waals surface area contributed by atoms with E-state index in [9.17, 15) is 9.18 Å². The number of carbonyl (C=O) groups excluding carboxylic acids is 1. The Morgan fingerprint density at radius 3 is 2.35 bits per heavy atom. The van der Waals surface area contributed by atoms with E-state index in [1.807, 2.05) is 42.5 Å². The zero-order valence-corrected chi connectivity index (χ0v) is 13.6. The molecule has 3 rings (SSSR count). The average Bonchev–Trinajstić information content (AvgIpc) is 2.57. The molecule has 23 heavy (non-hydrogen) atoms. The second-order valence-corrected chi connectivity index (χ2v) is 5.77. The summed E-state index contributed by atoms with van der Waals surface area (Å²) in [6.45, 7) is 0. The van der Waals surface area contributed by atoms with Crippen LogP contribution in [0.2, 0.25) is 0 Å². The van der Waals surface area contributed by atoms with Gasteiger partial charge in [-0.3, -0.25) is 0 Å². The lowest BCUT2D eigenvalue weighted by Crippen LogP contribution is -2.09. The third kappa shape index (κ3) is 3.66. The Hall–Kier alpha value is -2.46. The van der Waals surface area contributed by atoms with Gasteiger partial charge in [0.05, 0.1) is 10.0 Å². The van der Waals surface area contributed by atoms with Gasteiger partial charge in [-0.1, -0.05) is 42.5 Å². The van der Waals surface area contributed by atoms with Crippen LogP contribution in [0, 0.1) is 5.82 Å². The summed E-state index contributed by atoms with van der Waals surface area (Å²) in [5, 5.41) is 0. The molecule has 0 spiro atoms. The molecule has 0 heterocycles. The molecule has 0 saturated heterocycles. The predicted molar refractivity (Wildman–Crippen MR) is 90.9 cm³/mol. The first-order chi connectivity index (χ1) is 11.1. The summed E-state index contributed by atoms with van der Waals surface area (Å²) < 4.78 is 19.1. The van der Waals surface area contributed by atoms with Gasteiger partial charge in [-0.2, -0.15) is 0 Å². The lowest BCUT2D eigenvalue weighted by Gasteiger charge is -2.09. The van der Waals surface area contributed by atoms with E-state index in [2.05, 4.69) is 15.9 Å². The van der Waals surface area contributed by atoms with Gasteiger partial charge in [0.25, 0.3) is 0 Å². The van der Waals surface area contributed by atoms with Crippen LogP contribution in [0.15, 0.2) is 77.3 Å². The summed E-state index contributed by atoms with van der Waals surface area (Å²) in [7, 11) is 0. The normalized spacial score (nSPS) is 10.3. The lowest BCUT2D eigenvalue weighted by molar-refractivity contribution is 0.0733. The summed E-state index contributed by atoms with van der Waals surface area (Å²) in [6, 6.07) is 20.7. The van der Waals surface area contributed by atoms with Crippen molar-refractivity contribution in [2.75, 3.05) is 0 Å². The van der Waals surface area contributed by atoms with Crippen molar-refractivity contribution in [1.29, 1.82) is 0 Å². The zero-order chi connectivity index (χ0) is 16.2. The van der Waals surface area contributed by atoms with Gasteiger partial charge in [0, 0.05) is 0 Å². The quantitative estimate of drug-likeness (QED) is 0.451. The highest BCUT2D eigenvalue weighted by Crippen LogP contribution is 2.31. The summed E-state index contributed by atoms with van der Waals surface area (Å²) in [6.07, 6.45) is 0. The van der Waals surface area contributed by atoms with E-state index in [1.54, 1.807) is 6.07 Å². The summed E-state index contributed by atoms with van der Waals surface area (Å²) in [4.78, 5) is 12.1. The second kappa shape index (κ2) is 6.75. The van der Waals surface area contributed by atoms with Crippen molar-refractivity contribution in [3.63, 3.8) is 0 Å². The zero-order valence-electron chi connectivity index (χ0n) is 12.0. The first-order valence-corrected chi connectivity index (χ1v) is 7.75. The van der Waals surface area contributed by atoms with Crippen molar-refractivity contribution in [2.45, 2.75) is 0 Å². The molecule has 3 aromatic rings. The molecule has 0 amide bonds. The van der Waals surface area contributed by atoms with Crippen LogP contribution in [0.3, 0.4) is 0 Å². The number of rotatable bonds is 3. The Balaban J connectivity index is 1.83. The summed E-state index contributed by atoms with van der Waals surface area (Å²) >= 11 is 3.41. The van der Waals surface area contributed by atoms with Crippen LogP contribution in [0.25, 0.3) is 11.1 Å². The Morgan fingerprint density at radius 1 is 0.870 bits per heavy atom. The van der Waals surface area contributed by atoms with E-state index in [1.165, 1.54) is 18.2 Å². The van der Waals surface area contributed by atoms with Crippen molar-refractivity contribution in [1.82, 2.24) is 0 Å². The molecule has 3 aromatic carbocycles. The van der Waals surface area contributed by atoms with Crippen molar-refractivity contribution in [3.05, 3.63) is 88.6 Å². The molecule has 0 atom stereocenters. The van der Waals surface area contributed by atoms with E-state index in [4.69, 9.17) is 4.74 Å². The van der Waals surface area contributed by atoms with Gasteiger partial charge < -0.3 is 4.74 Å². The van der Waals surface area contributed by atoms with E-state index in [0.717, 1.165) is 17.2 Å². The summed E-state index contributed by atoms with van der Waals surface area (Å²) in [5.41, 5.74) is 2.24. The van der Waals surface area contributed by atoms with Crippen LogP contribution in [0.4, 0.5) is 4.39 Å². The van der Waals surface area contributed by atoms with Crippen LogP contribution in [-0.4, -0.2) is 5.97 Å². The molecule has 0 radical (unpaired) electrons. The fourth-order valence-electron chi connectivity index (χ4n) is 2.17. The molecule has 114 valence electrons. The van der Waals surface area contributed by atoms with Gasteiger partial charge in [0.1, 0.15) is 11.6 Å². The maximum atomic E-state index is 13.2. The minimum atomic E-state index is -0.599. The standard InChI is InChI=1S/C19H12BrFO2/c20-17-12-14(13-5-2-1-3-6-13)9-10-18(17)23-19(22)15-7-4-8-16(21)11-15/h1-12H. The average molecular weight is 371 g/mol. The van der Waals surface area contributed by atoms with Crippen LogP contribution in [0.5, 0.6) is 5.75 Å². The van der Waals surface area contributed by atoms with E-state index >= 15 is 0 Å². The number of carbonyl (C=O) groups is 1. The maximum Gasteiger partial charge on any atom is 0.343 e. The molecule has 0 aliphatic carbocycles. The van der Waals surface area contributed by atoms with Gasteiger partial charge in [-0.15, -0.1) is 0 Å². The molecular weight excluding hydrogens is 359 g/mol. The van der Waals surface area contributed by atoms with Gasteiger partial charge in [0.15, 0.2) is 0 Å². The molecule has 2 nitrogen and oxygen atoms in total. The van der Waals surface area contributed by atoms with E-state index in [0.29, 0.717) is 10.2 Å². The van der Waals surface area contributed by atoms with Crippen LogP contribution < -0.4 is 4.74 Å². The lowest BCUT2D eigenvalue weighted by atomic mass is 10.1. The fraction of sp³-hybridized carbons (Fsp3) is 0. The van der Waals surface area contributed by atoms with Gasteiger partial charge in [-0.05, 0) is 57.4 Å². The molecule has 0 aromatic heterocycles. The van der Waals surface area contributed by atoms with Crippen molar-refractivity contribution < 1.29 is 13.9 Å². The molecule has 0 N–H and O–H groups in total. The largest absolute Gasteiger partial charge is 0.422 e. The van der Waals surface area contributed by atoms with Crippen LogP contribution in [0.1, 0.15) is 10.4 Å². The molecule has 0 saturated carbocycles. The number of halogens is 2. The minimum absolute atomic E-state index is 0.170. The first kappa shape index (κ1) is 15.4. The smallest absolute Gasteiger partial charge is 0.343 e. The van der Waals surface area contributed by atoms with E-state index in [-0.39, 0.29) is 5.56 Å². The van der Waals surface area contributed by atoms with Crippen molar-refractivity contribution >= 4 is 21.9 Å². The third-order valence-corrected chi connectivity index (χ3v) is 3.92. The predicted octanol–water partition coefficient (Wildman–Crippen LogP) is 5.47. The first-order valence-electron chi connectivity index (χ1n) is 6.96. The highest BCUT2D eigenvalue weighted by atomic mass is 79.9. The Bertz CT molecular complexity index is 847. The SMILES string of the molecule is O=C(Oc1ccc(-c2ccccc2)cc1Br)c1cccc(F)c1. The highest BCUT2D eigenvalue weighted by Gasteiger charge is 2.12. The van der Waals surface area contributed by atoms with Gasteiger partial charge >= 0.3 is 5.97 Å². The number of ether oxygens (including phenoxy) is 1. The van der Waals surface area contributed by atoms with Gasteiger partial charge in [-0.25, -0.2) is 9.18 Å². The fourth-order valence-corrected chi connectivity index (χ4v) is 2.63. The third-order valence-electron chi connectivity index (χ3n) is 3.30. The Labute approximate surface area is 141 Å². The topological polar surface area (TPSA) is 26.3 Å². The van der Waals surface area contributed by atoms with Crippen molar-refractivity contribution in [2.24, 2.45) is 0 Å². The second-order valence-electron chi connectivity index (χ2n) is 4.91. The van der Waals surface area contributed by atoms with E-state index < -0.39 is 11.8 Å². The maximum absolute atomic E-state index is 13.2.